The van der Waals surface area contributed by atoms with Crippen LogP contribution in [0.5, 0.6) is 5.75 Å². The van der Waals surface area contributed by atoms with Crippen LogP contribution in [-0.2, 0) is 14.3 Å². The SMILES string of the molecule is CC(C)(Oc1ccc(F)cc1)C(=O)OCC(=O)Nc1ccccc1[N+](=O)[O-]. The molecule has 9 heteroatoms. The maximum Gasteiger partial charge on any atom is 0.350 e. The Kier molecular flexibility index (Phi) is 6.07. The average Bonchev–Trinajstić information content (AvgIpc) is 2.61. The number of hydrogen-bond donors (Lipinski definition) is 1. The number of benzene rings is 2. The summed E-state index contributed by atoms with van der Waals surface area (Å²) in [4.78, 5) is 34.4. The first kappa shape index (κ1) is 19.8. The second-order valence-electron chi connectivity index (χ2n) is 5.96. The van der Waals surface area contributed by atoms with Gasteiger partial charge in [0.05, 0.1) is 4.92 Å². The zero-order valence-corrected chi connectivity index (χ0v) is 14.6. The number of nitro groups is 1. The van der Waals surface area contributed by atoms with Crippen LogP contribution < -0.4 is 10.1 Å². The quantitative estimate of drug-likeness (QED) is 0.452. The van der Waals surface area contributed by atoms with Gasteiger partial charge >= 0.3 is 5.97 Å². The molecule has 0 bridgehead atoms. The van der Waals surface area contributed by atoms with Crippen molar-refractivity contribution in [1.29, 1.82) is 0 Å². The molecule has 2 rings (SSSR count). The van der Waals surface area contributed by atoms with Crippen LogP contribution in [-0.4, -0.2) is 29.0 Å². The Hall–Kier alpha value is -3.49. The minimum atomic E-state index is -1.43. The molecule has 142 valence electrons. The molecule has 2 aromatic carbocycles. The summed E-state index contributed by atoms with van der Waals surface area (Å²) in [5.41, 5.74) is -1.72. The molecule has 27 heavy (non-hydrogen) atoms. The number of anilines is 1. The van der Waals surface area contributed by atoms with E-state index in [1.165, 1.54) is 62.4 Å². The minimum absolute atomic E-state index is 0.00892. The lowest BCUT2D eigenvalue weighted by atomic mass is 10.1. The van der Waals surface area contributed by atoms with Crippen molar-refractivity contribution in [3.63, 3.8) is 0 Å². The minimum Gasteiger partial charge on any atom is -0.476 e. The van der Waals surface area contributed by atoms with Crippen molar-refractivity contribution in [2.75, 3.05) is 11.9 Å². The standard InChI is InChI=1S/C18H17FN2O6/c1-18(2,27-13-9-7-12(19)8-10-13)17(23)26-11-16(22)20-14-5-3-4-6-15(14)21(24)25/h3-10H,11H2,1-2H3,(H,20,22). The Morgan fingerprint density at radius 3 is 2.41 bits per heavy atom. The molecule has 0 spiro atoms. The summed E-state index contributed by atoms with van der Waals surface area (Å²) in [7, 11) is 0. The molecule has 8 nitrogen and oxygen atoms in total. The van der Waals surface area contributed by atoms with Gasteiger partial charge in [0.2, 0.25) is 0 Å². The molecule has 0 aromatic heterocycles. The van der Waals surface area contributed by atoms with E-state index >= 15 is 0 Å². The molecule has 0 aliphatic heterocycles. The molecule has 0 heterocycles. The summed E-state index contributed by atoms with van der Waals surface area (Å²) in [5.74, 6) is -1.77. The molecule has 2 aromatic rings. The van der Waals surface area contributed by atoms with Gasteiger partial charge in [-0.15, -0.1) is 0 Å². The second-order valence-corrected chi connectivity index (χ2v) is 5.96. The van der Waals surface area contributed by atoms with E-state index < -0.39 is 34.8 Å². The van der Waals surface area contributed by atoms with Gasteiger partial charge in [-0.05, 0) is 44.2 Å². The summed E-state index contributed by atoms with van der Waals surface area (Å²) in [6, 6.07) is 10.6. The van der Waals surface area contributed by atoms with E-state index in [1.54, 1.807) is 0 Å². The fourth-order valence-corrected chi connectivity index (χ4v) is 2.07. The third-order valence-corrected chi connectivity index (χ3v) is 3.39. The molecule has 1 amide bonds. The van der Waals surface area contributed by atoms with E-state index in [-0.39, 0.29) is 17.1 Å². The Labute approximate surface area is 154 Å². The number of carbonyl (C=O) groups is 2. The fraction of sp³-hybridized carbons (Fsp3) is 0.222. The lowest BCUT2D eigenvalue weighted by molar-refractivity contribution is -0.383. The van der Waals surface area contributed by atoms with Crippen LogP contribution in [0.25, 0.3) is 0 Å². The van der Waals surface area contributed by atoms with Gasteiger partial charge < -0.3 is 14.8 Å². The second kappa shape index (κ2) is 8.26. The molecular weight excluding hydrogens is 359 g/mol. The smallest absolute Gasteiger partial charge is 0.350 e. The predicted molar refractivity (Wildman–Crippen MR) is 93.8 cm³/mol. The first-order valence-electron chi connectivity index (χ1n) is 7.84. The summed E-state index contributed by atoms with van der Waals surface area (Å²) in [6.07, 6.45) is 0. The molecule has 0 saturated heterocycles. The van der Waals surface area contributed by atoms with E-state index in [9.17, 15) is 24.1 Å². The average molecular weight is 376 g/mol. The van der Waals surface area contributed by atoms with Crippen molar-refractivity contribution in [3.05, 3.63) is 64.5 Å². The number of nitro benzene ring substituents is 1. The van der Waals surface area contributed by atoms with Crippen molar-refractivity contribution >= 4 is 23.3 Å². The summed E-state index contributed by atoms with van der Waals surface area (Å²) in [6.45, 7) is 2.21. The van der Waals surface area contributed by atoms with Crippen molar-refractivity contribution in [2.45, 2.75) is 19.4 Å². The van der Waals surface area contributed by atoms with Gasteiger partial charge in [-0.2, -0.15) is 0 Å². The van der Waals surface area contributed by atoms with E-state index in [0.29, 0.717) is 0 Å². The number of halogens is 1. The van der Waals surface area contributed by atoms with E-state index in [0.717, 1.165) is 0 Å². The maximum absolute atomic E-state index is 12.9. The van der Waals surface area contributed by atoms with Gasteiger partial charge in [0.1, 0.15) is 17.3 Å². The van der Waals surface area contributed by atoms with E-state index in [1.807, 2.05) is 0 Å². The lowest BCUT2D eigenvalue weighted by Crippen LogP contribution is -2.41. The number of esters is 1. The van der Waals surface area contributed by atoms with Crippen LogP contribution >= 0.6 is 0 Å². The number of amides is 1. The summed E-state index contributed by atoms with van der Waals surface area (Å²) >= 11 is 0. The highest BCUT2D eigenvalue weighted by Gasteiger charge is 2.32. The summed E-state index contributed by atoms with van der Waals surface area (Å²) in [5, 5.41) is 13.2. The number of hydrogen-bond acceptors (Lipinski definition) is 6. The molecule has 0 aliphatic rings. The molecule has 0 atom stereocenters. The largest absolute Gasteiger partial charge is 0.476 e. The third-order valence-electron chi connectivity index (χ3n) is 3.39. The lowest BCUT2D eigenvalue weighted by Gasteiger charge is -2.24. The normalized spacial score (nSPS) is 10.8. The van der Waals surface area contributed by atoms with Gasteiger partial charge in [-0.1, -0.05) is 12.1 Å². The number of rotatable bonds is 7. The van der Waals surface area contributed by atoms with Crippen molar-refractivity contribution in [3.8, 4) is 5.75 Å². The Bertz CT molecular complexity index is 851. The molecule has 0 unspecified atom stereocenters. The van der Waals surface area contributed by atoms with Gasteiger partial charge in [0, 0.05) is 6.07 Å². The van der Waals surface area contributed by atoms with Crippen LogP contribution in [0, 0.1) is 15.9 Å². The van der Waals surface area contributed by atoms with Gasteiger partial charge in [-0.25, -0.2) is 9.18 Å². The van der Waals surface area contributed by atoms with Crippen LogP contribution in [0.2, 0.25) is 0 Å². The molecule has 0 saturated carbocycles. The molecule has 0 aliphatic carbocycles. The van der Waals surface area contributed by atoms with Gasteiger partial charge in [-0.3, -0.25) is 14.9 Å². The number of para-hydroxylation sites is 2. The number of carbonyl (C=O) groups excluding carboxylic acids is 2. The molecule has 0 radical (unpaired) electrons. The first-order chi connectivity index (χ1) is 12.7. The van der Waals surface area contributed by atoms with Crippen molar-refractivity contribution in [2.24, 2.45) is 0 Å². The van der Waals surface area contributed by atoms with Gasteiger partial charge in [0.15, 0.2) is 12.2 Å². The number of nitrogens with one attached hydrogen (secondary N) is 1. The van der Waals surface area contributed by atoms with Crippen molar-refractivity contribution < 1.29 is 28.4 Å². The third kappa shape index (κ3) is 5.50. The zero-order chi connectivity index (χ0) is 20.0. The van der Waals surface area contributed by atoms with Crippen LogP contribution in [0.1, 0.15) is 13.8 Å². The molecular formula is C18H17FN2O6. The molecule has 1 N–H and O–H groups in total. The maximum atomic E-state index is 12.9. The van der Waals surface area contributed by atoms with Gasteiger partial charge in [0.25, 0.3) is 11.6 Å². The van der Waals surface area contributed by atoms with Crippen LogP contribution in [0.3, 0.4) is 0 Å². The predicted octanol–water partition coefficient (Wildman–Crippen LogP) is 3.07. The zero-order valence-electron chi connectivity index (χ0n) is 14.6. The van der Waals surface area contributed by atoms with E-state index in [2.05, 4.69) is 5.32 Å². The van der Waals surface area contributed by atoms with Crippen molar-refractivity contribution in [1.82, 2.24) is 0 Å². The highest BCUT2D eigenvalue weighted by molar-refractivity contribution is 5.95. The van der Waals surface area contributed by atoms with Crippen LogP contribution in [0.4, 0.5) is 15.8 Å². The Morgan fingerprint density at radius 2 is 1.78 bits per heavy atom. The fourth-order valence-electron chi connectivity index (χ4n) is 2.07. The Balaban J connectivity index is 1.93. The highest BCUT2D eigenvalue weighted by Crippen LogP contribution is 2.23. The Morgan fingerprint density at radius 1 is 1.15 bits per heavy atom. The number of ether oxygens (including phenoxy) is 2. The topological polar surface area (TPSA) is 108 Å². The van der Waals surface area contributed by atoms with E-state index in [4.69, 9.17) is 9.47 Å². The molecule has 0 fully saturated rings. The van der Waals surface area contributed by atoms with Crippen LogP contribution in [0.15, 0.2) is 48.5 Å². The number of nitrogens with zero attached hydrogens (tertiary/aromatic N) is 1. The highest BCUT2D eigenvalue weighted by atomic mass is 19.1. The summed E-state index contributed by atoms with van der Waals surface area (Å²) < 4.78 is 23.3. The first-order valence-corrected chi connectivity index (χ1v) is 7.84. The monoisotopic (exact) mass is 376 g/mol.